The molecule has 0 fully saturated rings. The minimum absolute atomic E-state index is 0.299. The number of hydrogen-bond donors (Lipinski definition) is 1. The average molecular weight is 101 g/mol. The van der Waals surface area contributed by atoms with Crippen LogP contribution in [0.3, 0.4) is 0 Å². The second-order valence-corrected chi connectivity index (χ2v) is 1.68. The zero-order chi connectivity index (χ0) is 5.70. The quantitative estimate of drug-likeness (QED) is 0.567. The summed E-state index contributed by atoms with van der Waals surface area (Å²) in [5.41, 5.74) is 0. The van der Waals surface area contributed by atoms with Gasteiger partial charge in [0.25, 0.3) is 0 Å². The summed E-state index contributed by atoms with van der Waals surface area (Å²) in [6.07, 6.45) is 3.08. The highest BCUT2D eigenvalue weighted by Gasteiger charge is 1.97. The summed E-state index contributed by atoms with van der Waals surface area (Å²) in [7, 11) is 0. The first-order chi connectivity index (χ1) is 3.35. The van der Waals surface area contributed by atoms with E-state index >= 15 is 0 Å². The molecule has 0 rings (SSSR count). The minimum atomic E-state index is 0.299. The van der Waals surface area contributed by atoms with Crippen LogP contribution in [0.25, 0.3) is 0 Å². The van der Waals surface area contributed by atoms with Crippen molar-refractivity contribution >= 4 is 0 Å². The molecule has 43 valence electrons. The Hall–Kier alpha value is -0.0400. The molecule has 1 nitrogen and oxygen atoms in total. The minimum Gasteiger partial charge on any atom is -0.396 e. The second-order valence-electron chi connectivity index (χ2n) is 1.68. The maximum absolute atomic E-state index is 8.49. The van der Waals surface area contributed by atoms with Gasteiger partial charge in [0.05, 0.1) is 0 Å². The number of rotatable bonds is 3. The molecule has 1 heteroatoms. The van der Waals surface area contributed by atoms with E-state index < -0.39 is 0 Å². The zero-order valence-corrected chi connectivity index (χ0v) is 5.02. The molecule has 0 amide bonds. The highest BCUT2D eigenvalue weighted by atomic mass is 16.3. The highest BCUT2D eigenvalue weighted by molar-refractivity contribution is 4.67. The van der Waals surface area contributed by atoms with E-state index in [0.717, 1.165) is 6.42 Å². The van der Waals surface area contributed by atoms with Crippen LogP contribution in [0.1, 0.15) is 20.3 Å². The lowest BCUT2D eigenvalue weighted by Gasteiger charge is -2.04. The van der Waals surface area contributed by atoms with Crippen molar-refractivity contribution in [2.75, 3.05) is 6.61 Å². The lowest BCUT2D eigenvalue weighted by Crippen LogP contribution is -2.01. The summed E-state index contributed by atoms with van der Waals surface area (Å²) >= 11 is 0. The summed E-state index contributed by atoms with van der Waals surface area (Å²) in [6, 6.07) is 0. The van der Waals surface area contributed by atoms with Gasteiger partial charge >= 0.3 is 0 Å². The first kappa shape index (κ1) is 6.96. The molecule has 0 aromatic heterocycles. The van der Waals surface area contributed by atoms with Crippen molar-refractivity contribution in [2.45, 2.75) is 20.3 Å². The van der Waals surface area contributed by atoms with Crippen molar-refractivity contribution in [1.29, 1.82) is 0 Å². The van der Waals surface area contributed by atoms with Gasteiger partial charge in [0, 0.05) is 6.61 Å². The first-order valence-corrected chi connectivity index (χ1v) is 2.75. The zero-order valence-electron chi connectivity index (χ0n) is 5.02. The molecule has 1 N–H and O–H groups in total. The van der Waals surface area contributed by atoms with Gasteiger partial charge in [-0.3, -0.25) is 0 Å². The molecule has 1 atom stereocenters. The van der Waals surface area contributed by atoms with Crippen molar-refractivity contribution in [3.8, 4) is 0 Å². The van der Waals surface area contributed by atoms with Crippen molar-refractivity contribution in [3.05, 3.63) is 6.42 Å². The molecule has 0 heterocycles. The van der Waals surface area contributed by atoms with Crippen LogP contribution < -0.4 is 0 Å². The Morgan fingerprint density at radius 1 is 1.71 bits per heavy atom. The highest BCUT2D eigenvalue weighted by Crippen LogP contribution is 2.02. The third-order valence-corrected chi connectivity index (χ3v) is 1.23. The lowest BCUT2D eigenvalue weighted by atomic mass is 10.1. The van der Waals surface area contributed by atoms with Gasteiger partial charge in [0.1, 0.15) is 0 Å². The van der Waals surface area contributed by atoms with Crippen LogP contribution in [-0.2, 0) is 0 Å². The molecule has 1 radical (unpaired) electrons. The molecule has 7 heavy (non-hydrogen) atoms. The van der Waals surface area contributed by atoms with E-state index in [1.54, 1.807) is 0 Å². The molecule has 0 bridgehead atoms. The molecule has 0 saturated heterocycles. The van der Waals surface area contributed by atoms with E-state index in [9.17, 15) is 0 Å². The first-order valence-electron chi connectivity index (χ1n) is 2.75. The topological polar surface area (TPSA) is 20.2 Å². The van der Waals surface area contributed by atoms with Gasteiger partial charge in [0.15, 0.2) is 0 Å². The molecule has 0 aliphatic heterocycles. The summed E-state index contributed by atoms with van der Waals surface area (Å²) in [6.45, 7) is 4.35. The number of hydrogen-bond acceptors (Lipinski definition) is 1. The van der Waals surface area contributed by atoms with Crippen molar-refractivity contribution in [3.63, 3.8) is 0 Å². The standard InChI is InChI=1S/C6H13O/c1-3-6(4-2)5-7/h3,6-7H,4-5H2,1-2H3. The van der Waals surface area contributed by atoms with Gasteiger partial charge in [-0.25, -0.2) is 0 Å². The van der Waals surface area contributed by atoms with E-state index in [-0.39, 0.29) is 0 Å². The van der Waals surface area contributed by atoms with E-state index in [1.807, 2.05) is 13.3 Å². The van der Waals surface area contributed by atoms with Gasteiger partial charge < -0.3 is 5.11 Å². The predicted molar refractivity (Wildman–Crippen MR) is 30.8 cm³/mol. The normalized spacial score (nSPS) is 10.3. The Balaban J connectivity index is 2.99. The fraction of sp³-hybridized carbons (Fsp3) is 0.833. The van der Waals surface area contributed by atoms with Crippen LogP contribution in [-0.4, -0.2) is 11.7 Å². The molecule has 0 aliphatic rings. The Kier molecular flexibility index (Phi) is 4.10. The molecule has 0 aliphatic carbocycles. The van der Waals surface area contributed by atoms with Crippen molar-refractivity contribution in [2.24, 2.45) is 5.92 Å². The Morgan fingerprint density at radius 2 is 2.29 bits per heavy atom. The summed E-state index contributed by atoms with van der Waals surface area (Å²) in [5.74, 6) is 0.417. The smallest absolute Gasteiger partial charge is 0.0461 e. The maximum atomic E-state index is 8.49. The summed E-state index contributed by atoms with van der Waals surface area (Å²) in [5, 5.41) is 8.49. The van der Waals surface area contributed by atoms with Crippen molar-refractivity contribution < 1.29 is 5.11 Å². The number of aliphatic hydroxyl groups is 1. The van der Waals surface area contributed by atoms with Crippen LogP contribution in [0, 0.1) is 12.3 Å². The lowest BCUT2D eigenvalue weighted by molar-refractivity contribution is 0.241. The third-order valence-electron chi connectivity index (χ3n) is 1.23. The van der Waals surface area contributed by atoms with Gasteiger partial charge in [-0.15, -0.1) is 0 Å². The third kappa shape index (κ3) is 2.63. The average Bonchev–Trinajstić information content (AvgIpc) is 1.72. The van der Waals surface area contributed by atoms with Crippen LogP contribution in [0.5, 0.6) is 0 Å². The van der Waals surface area contributed by atoms with E-state index in [0.29, 0.717) is 12.5 Å². The number of aliphatic hydroxyl groups excluding tert-OH is 1. The van der Waals surface area contributed by atoms with Gasteiger partial charge in [0.2, 0.25) is 0 Å². The molecule has 0 aromatic carbocycles. The fourth-order valence-corrected chi connectivity index (χ4v) is 0.470. The fourth-order valence-electron chi connectivity index (χ4n) is 0.470. The molecule has 0 aromatic rings. The molecular weight excluding hydrogens is 88.1 g/mol. The SMILES string of the molecule is C[CH]C(CC)CO. The second kappa shape index (κ2) is 4.13. The Labute approximate surface area is 45.4 Å². The van der Waals surface area contributed by atoms with Crippen LogP contribution in [0.15, 0.2) is 0 Å². The van der Waals surface area contributed by atoms with E-state index in [1.165, 1.54) is 0 Å². The van der Waals surface area contributed by atoms with Gasteiger partial charge in [-0.2, -0.15) is 0 Å². The van der Waals surface area contributed by atoms with Crippen LogP contribution in [0.4, 0.5) is 0 Å². The monoisotopic (exact) mass is 101 g/mol. The predicted octanol–water partition coefficient (Wildman–Crippen LogP) is 1.23. The molecule has 1 unspecified atom stereocenters. The largest absolute Gasteiger partial charge is 0.396 e. The molecule has 0 saturated carbocycles. The summed E-state index contributed by atoms with van der Waals surface area (Å²) < 4.78 is 0. The Bertz CT molecular complexity index is 25.7. The van der Waals surface area contributed by atoms with Gasteiger partial charge in [-0.05, 0) is 12.3 Å². The van der Waals surface area contributed by atoms with Crippen LogP contribution in [0.2, 0.25) is 0 Å². The van der Waals surface area contributed by atoms with Crippen molar-refractivity contribution in [1.82, 2.24) is 0 Å². The summed E-state index contributed by atoms with van der Waals surface area (Å²) in [4.78, 5) is 0. The van der Waals surface area contributed by atoms with E-state index in [4.69, 9.17) is 5.11 Å². The molecular formula is C6H13O. The molecule has 0 spiro atoms. The van der Waals surface area contributed by atoms with E-state index in [2.05, 4.69) is 6.92 Å². The Morgan fingerprint density at radius 3 is 2.29 bits per heavy atom. The maximum Gasteiger partial charge on any atom is 0.0461 e. The van der Waals surface area contributed by atoms with Gasteiger partial charge in [-0.1, -0.05) is 20.3 Å². The van der Waals surface area contributed by atoms with Crippen LogP contribution >= 0.6 is 0 Å².